The minimum absolute atomic E-state index is 0.374. The van der Waals surface area contributed by atoms with Gasteiger partial charge in [-0.05, 0) is 0 Å². The van der Waals surface area contributed by atoms with Crippen LogP contribution in [0.3, 0.4) is 0 Å². The molecule has 0 atom stereocenters. The summed E-state index contributed by atoms with van der Waals surface area (Å²) >= 11 is 16.7. The van der Waals surface area contributed by atoms with Crippen LogP contribution in [-0.2, 0) is 4.18 Å². The zero-order valence-corrected chi connectivity index (χ0v) is 7.53. The van der Waals surface area contributed by atoms with E-state index in [1.54, 1.807) is 6.08 Å². The zero-order valence-electron chi connectivity index (χ0n) is 4.44. The molecule has 0 spiro atoms. The summed E-state index contributed by atoms with van der Waals surface area (Å²) < 4.78 is 3.36. The largest absolute Gasteiger partial charge is 0.307 e. The molecule has 1 nitrogen and oxygen atoms in total. The quantitative estimate of drug-likeness (QED) is 0.304. The molecule has 0 saturated heterocycles. The topological polar surface area (TPSA) is 9.23 Å². The normalized spacial score (nSPS) is 11.4. The Hall–Kier alpha value is 0.920. The second kappa shape index (κ2) is 4.69. The van der Waals surface area contributed by atoms with Gasteiger partial charge in [-0.2, -0.15) is 0 Å². The van der Waals surface area contributed by atoms with Crippen LogP contribution >= 0.6 is 46.8 Å². The summed E-state index contributed by atoms with van der Waals surface area (Å²) in [6.07, 6.45) is 1.57. The SMILES string of the molecule is C=CCOSC(Cl)(Cl)Cl. The van der Waals surface area contributed by atoms with Crippen molar-refractivity contribution >= 4 is 46.8 Å². The molecule has 0 aliphatic heterocycles. The Kier molecular flexibility index (Phi) is 5.17. The van der Waals surface area contributed by atoms with Gasteiger partial charge in [-0.15, -0.1) is 6.58 Å². The van der Waals surface area contributed by atoms with Crippen LogP contribution in [0.5, 0.6) is 0 Å². The summed E-state index contributed by atoms with van der Waals surface area (Å²) in [5.74, 6) is 0. The lowest BCUT2D eigenvalue weighted by atomic mass is 10.7. The Balaban J connectivity index is 3.17. The predicted octanol–water partition coefficient (Wildman–Crippen LogP) is 3.16. The van der Waals surface area contributed by atoms with Gasteiger partial charge in [0.15, 0.2) is 0 Å². The third-order valence-corrected chi connectivity index (χ3v) is 1.35. The molecule has 0 aromatic carbocycles. The van der Waals surface area contributed by atoms with Crippen molar-refractivity contribution in [1.82, 2.24) is 0 Å². The molecule has 0 unspecified atom stereocenters. The average molecular weight is 208 g/mol. The molecule has 0 rings (SSSR count). The molecule has 0 bridgehead atoms. The molecular weight excluding hydrogens is 202 g/mol. The van der Waals surface area contributed by atoms with E-state index < -0.39 is 3.12 Å². The van der Waals surface area contributed by atoms with Gasteiger partial charge in [0.1, 0.15) is 0 Å². The van der Waals surface area contributed by atoms with Crippen LogP contribution in [0.2, 0.25) is 0 Å². The van der Waals surface area contributed by atoms with Gasteiger partial charge in [-0.1, -0.05) is 40.9 Å². The maximum Gasteiger partial charge on any atom is 0.262 e. The Morgan fingerprint density at radius 3 is 2.44 bits per heavy atom. The van der Waals surface area contributed by atoms with Crippen molar-refractivity contribution in [1.29, 1.82) is 0 Å². The minimum Gasteiger partial charge on any atom is -0.307 e. The van der Waals surface area contributed by atoms with Gasteiger partial charge in [0.05, 0.1) is 6.61 Å². The highest BCUT2D eigenvalue weighted by Crippen LogP contribution is 2.39. The molecule has 0 aromatic heterocycles. The van der Waals surface area contributed by atoms with Gasteiger partial charge in [0.25, 0.3) is 3.12 Å². The third-order valence-electron chi connectivity index (χ3n) is 0.339. The van der Waals surface area contributed by atoms with Crippen molar-refractivity contribution < 1.29 is 4.18 Å². The fourth-order valence-electron chi connectivity index (χ4n) is 0.149. The Morgan fingerprint density at radius 1 is 1.56 bits per heavy atom. The molecule has 0 radical (unpaired) electrons. The van der Waals surface area contributed by atoms with E-state index in [0.717, 1.165) is 12.0 Å². The zero-order chi connectivity index (χ0) is 7.33. The monoisotopic (exact) mass is 206 g/mol. The minimum atomic E-state index is -1.39. The first-order valence-corrected chi connectivity index (χ1v) is 3.92. The van der Waals surface area contributed by atoms with Gasteiger partial charge in [0.2, 0.25) is 0 Å². The Bertz CT molecular complexity index is 90.3. The standard InChI is InChI=1S/C4H5Cl3OS/c1-2-3-8-9-4(5,6)7/h2H,1,3H2. The van der Waals surface area contributed by atoms with Crippen molar-refractivity contribution in [3.63, 3.8) is 0 Å². The molecular formula is C4H5Cl3OS. The van der Waals surface area contributed by atoms with E-state index >= 15 is 0 Å². The van der Waals surface area contributed by atoms with E-state index in [1.165, 1.54) is 0 Å². The molecule has 0 aliphatic carbocycles. The number of halogens is 3. The fourth-order valence-corrected chi connectivity index (χ4v) is 0.848. The third kappa shape index (κ3) is 8.92. The lowest BCUT2D eigenvalue weighted by molar-refractivity contribution is 0.429. The van der Waals surface area contributed by atoms with Crippen LogP contribution in [0, 0.1) is 0 Å². The van der Waals surface area contributed by atoms with Crippen LogP contribution in [0.4, 0.5) is 0 Å². The molecule has 54 valence electrons. The van der Waals surface area contributed by atoms with Crippen LogP contribution in [0.25, 0.3) is 0 Å². The van der Waals surface area contributed by atoms with Gasteiger partial charge in [-0.25, -0.2) is 0 Å². The van der Waals surface area contributed by atoms with Crippen molar-refractivity contribution in [2.45, 2.75) is 3.12 Å². The van der Waals surface area contributed by atoms with Crippen LogP contribution < -0.4 is 0 Å². The number of alkyl halides is 3. The molecule has 5 heteroatoms. The van der Waals surface area contributed by atoms with Gasteiger partial charge in [0, 0.05) is 12.0 Å². The van der Waals surface area contributed by atoms with Crippen molar-refractivity contribution in [3.05, 3.63) is 12.7 Å². The summed E-state index contributed by atoms with van der Waals surface area (Å²) in [7, 11) is 0. The van der Waals surface area contributed by atoms with Crippen molar-refractivity contribution in [2.75, 3.05) is 6.61 Å². The van der Waals surface area contributed by atoms with Gasteiger partial charge >= 0.3 is 0 Å². The molecule has 0 aromatic rings. The molecule has 0 heterocycles. The molecule has 0 aliphatic rings. The summed E-state index contributed by atoms with van der Waals surface area (Å²) in [4.78, 5) is 0. The van der Waals surface area contributed by atoms with Crippen LogP contribution in [0.15, 0.2) is 12.7 Å². The Morgan fingerprint density at radius 2 is 2.11 bits per heavy atom. The van der Waals surface area contributed by atoms with E-state index in [9.17, 15) is 0 Å². The van der Waals surface area contributed by atoms with Crippen molar-refractivity contribution in [2.24, 2.45) is 0 Å². The molecule has 9 heavy (non-hydrogen) atoms. The van der Waals surface area contributed by atoms with Crippen LogP contribution in [0.1, 0.15) is 0 Å². The van der Waals surface area contributed by atoms with E-state index in [1.807, 2.05) is 0 Å². The first kappa shape index (κ1) is 9.92. The first-order valence-electron chi connectivity index (χ1n) is 2.04. The van der Waals surface area contributed by atoms with Gasteiger partial charge in [-0.3, -0.25) is 0 Å². The Labute approximate surface area is 73.5 Å². The first-order chi connectivity index (χ1) is 4.06. The highest BCUT2D eigenvalue weighted by molar-refractivity contribution is 8.00. The molecule has 0 amide bonds. The smallest absolute Gasteiger partial charge is 0.262 e. The lowest BCUT2D eigenvalue weighted by Crippen LogP contribution is -1.95. The van der Waals surface area contributed by atoms with Gasteiger partial charge < -0.3 is 4.18 Å². The summed E-state index contributed by atoms with van der Waals surface area (Å²) in [6, 6.07) is 0. The summed E-state index contributed by atoms with van der Waals surface area (Å²) in [5, 5.41) is 0. The fraction of sp³-hybridized carbons (Fsp3) is 0.500. The highest BCUT2D eigenvalue weighted by Gasteiger charge is 2.20. The predicted molar refractivity (Wildman–Crippen MR) is 44.0 cm³/mol. The maximum atomic E-state index is 5.30. The number of hydrogen-bond donors (Lipinski definition) is 0. The summed E-state index contributed by atoms with van der Waals surface area (Å²) in [5.41, 5.74) is 0. The maximum absolute atomic E-state index is 5.30. The number of hydrogen-bond acceptors (Lipinski definition) is 2. The molecule has 0 fully saturated rings. The molecule has 0 N–H and O–H groups in total. The van der Waals surface area contributed by atoms with Crippen LogP contribution in [-0.4, -0.2) is 9.73 Å². The average Bonchev–Trinajstić information content (AvgIpc) is 1.63. The van der Waals surface area contributed by atoms with E-state index in [-0.39, 0.29) is 0 Å². The second-order valence-corrected chi connectivity index (χ2v) is 5.07. The molecule has 0 saturated carbocycles. The highest BCUT2D eigenvalue weighted by atomic mass is 35.6. The van der Waals surface area contributed by atoms with E-state index in [4.69, 9.17) is 39.0 Å². The summed E-state index contributed by atoms with van der Waals surface area (Å²) in [6.45, 7) is 3.79. The van der Waals surface area contributed by atoms with Crippen molar-refractivity contribution in [3.8, 4) is 0 Å². The van der Waals surface area contributed by atoms with E-state index in [0.29, 0.717) is 6.61 Å². The second-order valence-electron chi connectivity index (χ2n) is 1.10. The lowest BCUT2D eigenvalue weighted by Gasteiger charge is -2.06. The van der Waals surface area contributed by atoms with E-state index in [2.05, 4.69) is 6.58 Å². The number of rotatable bonds is 3.